The third-order valence-corrected chi connectivity index (χ3v) is 2.17. The molecule has 1 heterocycles. The monoisotopic (exact) mass is 251 g/mol. The smallest absolute Gasteiger partial charge is 0.410 e. The summed E-state index contributed by atoms with van der Waals surface area (Å²) in [7, 11) is 0. The summed E-state index contributed by atoms with van der Waals surface area (Å²) in [5, 5.41) is 6.70. The van der Waals surface area contributed by atoms with Crippen LogP contribution in [0, 0.1) is 0 Å². The summed E-state index contributed by atoms with van der Waals surface area (Å²) in [5.41, 5.74) is 0.391. The number of hydrogen-bond donors (Lipinski definition) is 1. The van der Waals surface area contributed by atoms with Gasteiger partial charge in [-0.25, -0.2) is 4.79 Å². The molecule has 0 fully saturated rings. The van der Waals surface area contributed by atoms with E-state index in [-0.39, 0.29) is 6.09 Å². The van der Waals surface area contributed by atoms with Gasteiger partial charge >= 0.3 is 6.09 Å². The summed E-state index contributed by atoms with van der Waals surface area (Å²) in [6, 6.07) is 1.84. The Morgan fingerprint density at radius 3 is 2.83 bits per heavy atom. The van der Waals surface area contributed by atoms with E-state index in [1.165, 1.54) is 0 Å². The molecule has 100 valence electrons. The lowest BCUT2D eigenvalue weighted by Crippen LogP contribution is -2.37. The lowest BCUT2D eigenvalue weighted by Gasteiger charge is -2.26. The van der Waals surface area contributed by atoms with Gasteiger partial charge in [0.1, 0.15) is 5.60 Å². The molecule has 0 spiro atoms. The number of hydrogen-bond acceptors (Lipinski definition) is 3. The van der Waals surface area contributed by atoms with Crippen molar-refractivity contribution in [2.75, 3.05) is 6.54 Å². The lowest BCUT2D eigenvalue weighted by molar-refractivity contribution is 0.0235. The van der Waals surface area contributed by atoms with Crippen molar-refractivity contribution in [2.24, 2.45) is 0 Å². The van der Waals surface area contributed by atoms with E-state index in [1.807, 2.05) is 26.8 Å². The predicted octanol–water partition coefficient (Wildman–Crippen LogP) is 2.72. The van der Waals surface area contributed by atoms with Crippen LogP contribution in [0.3, 0.4) is 0 Å². The molecule has 1 N–H and O–H groups in total. The van der Waals surface area contributed by atoms with Crippen molar-refractivity contribution < 1.29 is 9.53 Å². The standard InChI is InChI=1S/C13H21N3O2/c1-5-6-9-16(10-11-7-8-14-15-11)12(17)18-13(2,3)4/h5,7-8H,1,6,9-10H2,2-4H3,(H,14,15). The van der Waals surface area contributed by atoms with Crippen LogP contribution in [-0.2, 0) is 11.3 Å². The summed E-state index contributed by atoms with van der Waals surface area (Å²) in [6.45, 7) is 10.3. The van der Waals surface area contributed by atoms with Crippen LogP contribution in [-0.4, -0.2) is 33.3 Å². The predicted molar refractivity (Wildman–Crippen MR) is 70.0 cm³/mol. The molecule has 0 atom stereocenters. The van der Waals surface area contributed by atoms with Crippen LogP contribution < -0.4 is 0 Å². The van der Waals surface area contributed by atoms with E-state index >= 15 is 0 Å². The van der Waals surface area contributed by atoms with Gasteiger partial charge in [-0.05, 0) is 33.3 Å². The first kappa shape index (κ1) is 14.3. The van der Waals surface area contributed by atoms with E-state index in [0.29, 0.717) is 13.1 Å². The van der Waals surface area contributed by atoms with Gasteiger partial charge in [0, 0.05) is 12.7 Å². The minimum Gasteiger partial charge on any atom is -0.444 e. The first-order chi connectivity index (χ1) is 8.42. The van der Waals surface area contributed by atoms with E-state index in [2.05, 4.69) is 16.8 Å². The van der Waals surface area contributed by atoms with Crippen LogP contribution in [0.5, 0.6) is 0 Å². The van der Waals surface area contributed by atoms with E-state index in [9.17, 15) is 4.79 Å². The molecular formula is C13H21N3O2. The van der Waals surface area contributed by atoms with Crippen molar-refractivity contribution in [1.29, 1.82) is 0 Å². The molecule has 0 aliphatic carbocycles. The van der Waals surface area contributed by atoms with E-state index < -0.39 is 5.60 Å². The van der Waals surface area contributed by atoms with Crippen LogP contribution in [0.25, 0.3) is 0 Å². The molecule has 0 saturated carbocycles. The first-order valence-corrected chi connectivity index (χ1v) is 5.99. The molecule has 0 aliphatic rings. The Morgan fingerprint density at radius 2 is 2.33 bits per heavy atom. The van der Waals surface area contributed by atoms with Gasteiger partial charge in [-0.2, -0.15) is 5.10 Å². The van der Waals surface area contributed by atoms with Gasteiger partial charge in [-0.3, -0.25) is 5.10 Å². The second-order valence-corrected chi connectivity index (χ2v) is 5.06. The Morgan fingerprint density at radius 1 is 1.61 bits per heavy atom. The molecule has 1 aromatic heterocycles. The molecule has 0 radical (unpaired) electrons. The molecule has 5 heteroatoms. The fourth-order valence-corrected chi connectivity index (χ4v) is 1.39. The number of nitrogens with zero attached hydrogens (tertiary/aromatic N) is 2. The summed E-state index contributed by atoms with van der Waals surface area (Å²) >= 11 is 0. The Kier molecular flexibility index (Phi) is 4.95. The average molecular weight is 251 g/mol. The molecular weight excluding hydrogens is 230 g/mol. The molecule has 1 rings (SSSR count). The van der Waals surface area contributed by atoms with Gasteiger partial charge in [-0.15, -0.1) is 6.58 Å². The van der Waals surface area contributed by atoms with Gasteiger partial charge in [0.25, 0.3) is 0 Å². The molecule has 0 saturated heterocycles. The Hall–Kier alpha value is -1.78. The summed E-state index contributed by atoms with van der Waals surface area (Å²) < 4.78 is 5.36. The fourth-order valence-electron chi connectivity index (χ4n) is 1.39. The zero-order valence-electron chi connectivity index (χ0n) is 11.3. The van der Waals surface area contributed by atoms with Gasteiger partial charge in [0.15, 0.2) is 0 Å². The average Bonchev–Trinajstić information content (AvgIpc) is 2.74. The zero-order chi connectivity index (χ0) is 13.6. The van der Waals surface area contributed by atoms with Gasteiger partial charge in [-0.1, -0.05) is 6.08 Å². The minimum absolute atomic E-state index is 0.320. The van der Waals surface area contributed by atoms with Crippen molar-refractivity contribution in [3.63, 3.8) is 0 Å². The number of carbonyl (C=O) groups is 1. The molecule has 0 aromatic carbocycles. The minimum atomic E-state index is -0.489. The third-order valence-electron chi connectivity index (χ3n) is 2.17. The number of amides is 1. The number of carbonyl (C=O) groups excluding carboxylic acids is 1. The van der Waals surface area contributed by atoms with Crippen molar-refractivity contribution in [3.05, 3.63) is 30.6 Å². The van der Waals surface area contributed by atoms with Crippen LogP contribution in [0.1, 0.15) is 32.9 Å². The van der Waals surface area contributed by atoms with E-state index in [4.69, 9.17) is 4.74 Å². The molecule has 0 unspecified atom stereocenters. The quantitative estimate of drug-likeness (QED) is 0.818. The number of aromatic nitrogens is 2. The Balaban J connectivity index is 2.65. The van der Waals surface area contributed by atoms with Crippen molar-refractivity contribution in [3.8, 4) is 0 Å². The maximum absolute atomic E-state index is 12.0. The molecule has 0 aliphatic heterocycles. The van der Waals surface area contributed by atoms with Crippen LogP contribution in [0.2, 0.25) is 0 Å². The summed E-state index contributed by atoms with van der Waals surface area (Å²) in [5.74, 6) is 0. The molecule has 1 amide bonds. The number of rotatable bonds is 5. The normalized spacial score (nSPS) is 11.1. The summed E-state index contributed by atoms with van der Waals surface area (Å²) in [6.07, 6.45) is 3.85. The number of aromatic amines is 1. The molecule has 5 nitrogen and oxygen atoms in total. The maximum atomic E-state index is 12.0. The second kappa shape index (κ2) is 6.23. The Labute approximate surface area is 108 Å². The second-order valence-electron chi connectivity index (χ2n) is 5.06. The van der Waals surface area contributed by atoms with Crippen molar-refractivity contribution in [1.82, 2.24) is 15.1 Å². The lowest BCUT2D eigenvalue weighted by atomic mass is 10.2. The van der Waals surface area contributed by atoms with Gasteiger partial charge in [0.2, 0.25) is 0 Å². The molecule has 1 aromatic rings. The highest BCUT2D eigenvalue weighted by molar-refractivity contribution is 5.68. The highest BCUT2D eigenvalue weighted by Gasteiger charge is 2.22. The SMILES string of the molecule is C=CCCN(Cc1ccn[nH]1)C(=O)OC(C)(C)C. The highest BCUT2D eigenvalue weighted by Crippen LogP contribution is 2.12. The summed E-state index contributed by atoms with van der Waals surface area (Å²) in [4.78, 5) is 13.7. The van der Waals surface area contributed by atoms with Crippen molar-refractivity contribution >= 4 is 6.09 Å². The van der Waals surface area contributed by atoms with E-state index in [1.54, 1.807) is 17.2 Å². The maximum Gasteiger partial charge on any atom is 0.410 e. The Bertz CT molecular complexity index is 379. The van der Waals surface area contributed by atoms with Crippen LogP contribution in [0.4, 0.5) is 4.79 Å². The fraction of sp³-hybridized carbons (Fsp3) is 0.538. The number of nitrogens with one attached hydrogen (secondary N) is 1. The topological polar surface area (TPSA) is 58.2 Å². The third kappa shape index (κ3) is 5.03. The van der Waals surface area contributed by atoms with Crippen LogP contribution in [0.15, 0.2) is 24.9 Å². The largest absolute Gasteiger partial charge is 0.444 e. The first-order valence-electron chi connectivity index (χ1n) is 5.99. The van der Waals surface area contributed by atoms with Crippen LogP contribution >= 0.6 is 0 Å². The molecule has 18 heavy (non-hydrogen) atoms. The van der Waals surface area contributed by atoms with Gasteiger partial charge in [0.05, 0.1) is 12.2 Å². The molecule has 0 bridgehead atoms. The number of ether oxygens (including phenoxy) is 1. The van der Waals surface area contributed by atoms with Crippen molar-refractivity contribution in [2.45, 2.75) is 39.3 Å². The highest BCUT2D eigenvalue weighted by atomic mass is 16.6. The van der Waals surface area contributed by atoms with Gasteiger partial charge < -0.3 is 9.64 Å². The number of H-pyrrole nitrogens is 1. The van der Waals surface area contributed by atoms with E-state index in [0.717, 1.165) is 12.1 Å². The zero-order valence-corrected chi connectivity index (χ0v) is 11.3.